The zero-order chi connectivity index (χ0) is 15.3. The van der Waals surface area contributed by atoms with Gasteiger partial charge < -0.3 is 9.84 Å². The van der Waals surface area contributed by atoms with Crippen molar-refractivity contribution in [2.75, 3.05) is 33.8 Å². The van der Waals surface area contributed by atoms with Crippen LogP contribution >= 0.6 is 0 Å². The minimum absolute atomic E-state index is 0.00556. The van der Waals surface area contributed by atoms with E-state index in [4.69, 9.17) is 0 Å². The molecule has 0 radical (unpaired) electrons. The standard InChI is InChI=1S/C11H24N2O5S/c1-6-13(9-11(2,3)15)19(16,17)12(4)8-7-10(14)18-5/h15H,6-9H2,1-5H3. The van der Waals surface area contributed by atoms with E-state index in [0.717, 1.165) is 4.31 Å². The Bertz CT molecular complexity index is 388. The molecule has 0 saturated heterocycles. The van der Waals surface area contributed by atoms with Crippen LogP contribution in [0.4, 0.5) is 0 Å². The van der Waals surface area contributed by atoms with Crippen molar-refractivity contribution < 1.29 is 23.1 Å². The summed E-state index contributed by atoms with van der Waals surface area (Å²) in [6.45, 7) is 5.05. The molecule has 0 spiro atoms. The Morgan fingerprint density at radius 3 is 2.26 bits per heavy atom. The second kappa shape index (κ2) is 7.18. The van der Waals surface area contributed by atoms with E-state index in [1.165, 1.54) is 18.5 Å². The SMILES string of the molecule is CCN(CC(C)(C)O)S(=O)(=O)N(C)CCC(=O)OC. The van der Waals surface area contributed by atoms with Gasteiger partial charge in [0.25, 0.3) is 10.2 Å². The molecule has 0 saturated carbocycles. The number of aliphatic hydroxyl groups is 1. The molecule has 0 aromatic heterocycles. The Morgan fingerprint density at radius 2 is 1.89 bits per heavy atom. The zero-order valence-corrected chi connectivity index (χ0v) is 13.0. The third-order valence-corrected chi connectivity index (χ3v) is 4.50. The Kier molecular flexibility index (Phi) is 6.92. The lowest BCUT2D eigenvalue weighted by Crippen LogP contribution is -2.48. The van der Waals surface area contributed by atoms with Gasteiger partial charge in [0.1, 0.15) is 0 Å². The topological polar surface area (TPSA) is 87.2 Å². The number of rotatable bonds is 8. The Hall–Kier alpha value is -0.700. The molecule has 0 aliphatic carbocycles. The molecule has 0 aliphatic heterocycles. The Labute approximate surface area is 115 Å². The molecular weight excluding hydrogens is 272 g/mol. The lowest BCUT2D eigenvalue weighted by molar-refractivity contribution is -0.140. The highest BCUT2D eigenvalue weighted by Gasteiger charge is 2.30. The number of esters is 1. The average molecular weight is 296 g/mol. The molecule has 0 heterocycles. The second-order valence-electron chi connectivity index (χ2n) is 4.89. The van der Waals surface area contributed by atoms with E-state index in [9.17, 15) is 18.3 Å². The first-order valence-electron chi connectivity index (χ1n) is 6.05. The number of carbonyl (C=O) groups excluding carboxylic acids is 1. The molecule has 114 valence electrons. The van der Waals surface area contributed by atoms with Crippen LogP contribution in [0, 0.1) is 0 Å². The van der Waals surface area contributed by atoms with Gasteiger partial charge in [0.2, 0.25) is 0 Å². The van der Waals surface area contributed by atoms with Crippen LogP contribution in [-0.4, -0.2) is 67.5 Å². The van der Waals surface area contributed by atoms with Crippen molar-refractivity contribution in [1.29, 1.82) is 0 Å². The van der Waals surface area contributed by atoms with Crippen molar-refractivity contribution in [2.24, 2.45) is 0 Å². The van der Waals surface area contributed by atoms with E-state index in [1.807, 2.05) is 0 Å². The summed E-state index contributed by atoms with van der Waals surface area (Å²) in [6, 6.07) is 0. The van der Waals surface area contributed by atoms with Crippen molar-refractivity contribution in [3.8, 4) is 0 Å². The summed E-state index contributed by atoms with van der Waals surface area (Å²) >= 11 is 0. The molecular formula is C11H24N2O5S. The van der Waals surface area contributed by atoms with Gasteiger partial charge in [0.15, 0.2) is 0 Å². The van der Waals surface area contributed by atoms with Gasteiger partial charge in [-0.1, -0.05) is 6.92 Å². The number of hydrogen-bond acceptors (Lipinski definition) is 5. The van der Waals surface area contributed by atoms with Crippen molar-refractivity contribution in [2.45, 2.75) is 32.8 Å². The first-order valence-corrected chi connectivity index (χ1v) is 7.45. The normalized spacial score (nSPS) is 13.1. The van der Waals surface area contributed by atoms with Gasteiger partial charge in [-0.15, -0.1) is 0 Å². The van der Waals surface area contributed by atoms with Crippen molar-refractivity contribution in [3.63, 3.8) is 0 Å². The maximum atomic E-state index is 12.2. The summed E-state index contributed by atoms with van der Waals surface area (Å²) in [4.78, 5) is 11.0. The largest absolute Gasteiger partial charge is 0.469 e. The van der Waals surface area contributed by atoms with Crippen molar-refractivity contribution in [3.05, 3.63) is 0 Å². The van der Waals surface area contributed by atoms with Crippen LogP contribution in [0.25, 0.3) is 0 Å². The highest BCUT2D eigenvalue weighted by atomic mass is 32.2. The van der Waals surface area contributed by atoms with Crippen molar-refractivity contribution >= 4 is 16.2 Å². The lowest BCUT2D eigenvalue weighted by Gasteiger charge is -2.30. The van der Waals surface area contributed by atoms with Gasteiger partial charge in [-0.05, 0) is 13.8 Å². The quantitative estimate of drug-likeness (QED) is 0.628. The Morgan fingerprint density at radius 1 is 1.37 bits per heavy atom. The molecule has 0 aromatic carbocycles. The molecule has 0 amide bonds. The van der Waals surface area contributed by atoms with Crippen molar-refractivity contribution in [1.82, 2.24) is 8.61 Å². The molecule has 8 heteroatoms. The van der Waals surface area contributed by atoms with E-state index < -0.39 is 21.8 Å². The van der Waals surface area contributed by atoms with Gasteiger partial charge in [0.05, 0.1) is 19.1 Å². The Balaban J connectivity index is 4.77. The van der Waals surface area contributed by atoms with Gasteiger partial charge in [-0.25, -0.2) is 0 Å². The lowest BCUT2D eigenvalue weighted by atomic mass is 10.1. The maximum absolute atomic E-state index is 12.2. The molecule has 0 fully saturated rings. The molecule has 0 aliphatic rings. The summed E-state index contributed by atoms with van der Waals surface area (Å²) < 4.78 is 31.2. The minimum Gasteiger partial charge on any atom is -0.469 e. The van der Waals surface area contributed by atoms with Crippen LogP contribution in [0.3, 0.4) is 0 Å². The van der Waals surface area contributed by atoms with Crippen LogP contribution in [-0.2, 0) is 19.7 Å². The van der Waals surface area contributed by atoms with E-state index in [1.54, 1.807) is 20.8 Å². The van der Waals surface area contributed by atoms with Gasteiger partial charge in [0, 0.05) is 26.7 Å². The molecule has 0 atom stereocenters. The highest BCUT2D eigenvalue weighted by Crippen LogP contribution is 2.12. The summed E-state index contributed by atoms with van der Waals surface area (Å²) in [5.41, 5.74) is -1.12. The fourth-order valence-corrected chi connectivity index (χ4v) is 2.97. The fraction of sp³-hybridized carbons (Fsp3) is 0.909. The molecule has 19 heavy (non-hydrogen) atoms. The first-order chi connectivity index (χ1) is 8.54. The van der Waals surface area contributed by atoms with Crippen LogP contribution in [0.15, 0.2) is 0 Å². The van der Waals surface area contributed by atoms with E-state index in [-0.39, 0.29) is 26.1 Å². The van der Waals surface area contributed by atoms with Crippen LogP contribution in [0.2, 0.25) is 0 Å². The van der Waals surface area contributed by atoms with Crippen LogP contribution in [0.1, 0.15) is 27.2 Å². The highest BCUT2D eigenvalue weighted by molar-refractivity contribution is 7.86. The smallest absolute Gasteiger partial charge is 0.306 e. The fourth-order valence-electron chi connectivity index (χ4n) is 1.45. The number of carbonyl (C=O) groups is 1. The summed E-state index contributed by atoms with van der Waals surface area (Å²) in [5, 5.41) is 9.72. The van der Waals surface area contributed by atoms with E-state index in [2.05, 4.69) is 4.74 Å². The van der Waals surface area contributed by atoms with Gasteiger partial charge in [-0.3, -0.25) is 4.79 Å². The third-order valence-electron chi connectivity index (χ3n) is 2.49. The van der Waals surface area contributed by atoms with Crippen LogP contribution in [0.5, 0.6) is 0 Å². The predicted octanol–water partition coefficient (Wildman–Crippen LogP) is -0.181. The molecule has 0 bridgehead atoms. The molecule has 7 nitrogen and oxygen atoms in total. The third kappa shape index (κ3) is 6.33. The minimum atomic E-state index is -3.69. The van der Waals surface area contributed by atoms with Gasteiger partial charge in [-0.2, -0.15) is 17.0 Å². The summed E-state index contributed by atoms with van der Waals surface area (Å²) in [6.07, 6.45) is -0.00764. The molecule has 0 unspecified atom stereocenters. The zero-order valence-electron chi connectivity index (χ0n) is 12.2. The van der Waals surface area contributed by atoms with Crippen LogP contribution < -0.4 is 0 Å². The number of methoxy groups -OCH3 is 1. The number of ether oxygens (including phenoxy) is 1. The average Bonchev–Trinajstić information content (AvgIpc) is 2.30. The predicted molar refractivity (Wildman–Crippen MR) is 71.7 cm³/mol. The number of hydrogen-bond donors (Lipinski definition) is 1. The monoisotopic (exact) mass is 296 g/mol. The summed E-state index contributed by atoms with van der Waals surface area (Å²) in [7, 11) is -1.04. The van der Waals surface area contributed by atoms with Gasteiger partial charge >= 0.3 is 5.97 Å². The number of nitrogens with zero attached hydrogens (tertiary/aromatic N) is 2. The molecule has 1 N–H and O–H groups in total. The maximum Gasteiger partial charge on any atom is 0.306 e. The number of likely N-dealkylation sites (N-methyl/N-ethyl adjacent to an activating group) is 1. The molecule has 0 rings (SSSR count). The summed E-state index contributed by atoms with van der Waals surface area (Å²) in [5.74, 6) is -0.465. The van der Waals surface area contributed by atoms with E-state index >= 15 is 0 Å². The second-order valence-corrected chi connectivity index (χ2v) is 6.93. The van der Waals surface area contributed by atoms with E-state index in [0.29, 0.717) is 0 Å². The molecule has 0 aromatic rings. The first kappa shape index (κ1) is 18.3.